The van der Waals surface area contributed by atoms with E-state index in [1.165, 1.54) is 7.11 Å². The minimum Gasteiger partial charge on any atom is -0.496 e. The van der Waals surface area contributed by atoms with Gasteiger partial charge in [0.15, 0.2) is 0 Å². The van der Waals surface area contributed by atoms with Crippen molar-refractivity contribution in [3.8, 4) is 5.75 Å². The Morgan fingerprint density at radius 2 is 1.70 bits per heavy atom. The molecular weight excluding hydrogens is 294 g/mol. The lowest BCUT2D eigenvalue weighted by molar-refractivity contribution is -0.145. The third-order valence-corrected chi connectivity index (χ3v) is 3.62. The monoisotopic (exact) mass is 321 g/mol. The average molecular weight is 321 g/mol. The Kier molecular flexibility index (Phi) is 7.07. The number of esters is 1. The molecule has 0 spiro atoms. The van der Waals surface area contributed by atoms with Gasteiger partial charge in [-0.05, 0) is 42.9 Å². The molecule has 0 fully saturated rings. The van der Waals surface area contributed by atoms with Gasteiger partial charge in [-0.1, -0.05) is 26.0 Å². The predicted molar refractivity (Wildman–Crippen MR) is 89.6 cm³/mol. The van der Waals surface area contributed by atoms with Crippen molar-refractivity contribution in [1.29, 1.82) is 0 Å². The lowest BCUT2D eigenvalue weighted by Crippen LogP contribution is -2.43. The summed E-state index contributed by atoms with van der Waals surface area (Å²) in [5.41, 5.74) is 2.87. The van der Waals surface area contributed by atoms with Crippen LogP contribution in [-0.2, 0) is 20.7 Å². The number of carbonyl (C=O) groups excluding carboxylic acids is 2. The highest BCUT2D eigenvalue weighted by Crippen LogP contribution is 2.24. The van der Waals surface area contributed by atoms with Crippen molar-refractivity contribution < 1.29 is 19.1 Å². The lowest BCUT2D eigenvalue weighted by Gasteiger charge is -2.18. The lowest BCUT2D eigenvalue weighted by atomic mass is 10.0. The highest BCUT2D eigenvalue weighted by Gasteiger charge is 2.22. The van der Waals surface area contributed by atoms with E-state index < -0.39 is 12.0 Å². The van der Waals surface area contributed by atoms with Crippen LogP contribution < -0.4 is 10.1 Å². The van der Waals surface area contributed by atoms with E-state index in [0.717, 1.165) is 22.4 Å². The molecule has 0 saturated heterocycles. The first kappa shape index (κ1) is 19.0. The molecule has 5 nitrogen and oxygen atoms in total. The van der Waals surface area contributed by atoms with E-state index in [2.05, 4.69) is 5.32 Å². The zero-order valence-electron chi connectivity index (χ0n) is 14.9. The number of benzene rings is 1. The number of rotatable bonds is 7. The van der Waals surface area contributed by atoms with Gasteiger partial charge in [0.1, 0.15) is 11.8 Å². The van der Waals surface area contributed by atoms with Gasteiger partial charge >= 0.3 is 5.97 Å². The Balaban J connectivity index is 2.80. The molecule has 128 valence electrons. The summed E-state index contributed by atoms with van der Waals surface area (Å²) in [7, 11) is 2.96. The molecule has 0 aliphatic carbocycles. The number of carbonyl (C=O) groups is 2. The molecule has 0 aromatic heterocycles. The van der Waals surface area contributed by atoms with Gasteiger partial charge in [-0.3, -0.25) is 4.79 Å². The van der Waals surface area contributed by atoms with Crippen molar-refractivity contribution in [1.82, 2.24) is 5.32 Å². The number of hydrogen-bond donors (Lipinski definition) is 1. The largest absolute Gasteiger partial charge is 0.496 e. The molecule has 0 heterocycles. The molecule has 0 radical (unpaired) electrons. The van der Waals surface area contributed by atoms with E-state index in [0.29, 0.717) is 6.42 Å². The SMILES string of the molecule is COC(=O)[C@H](CC(C)C)NC(=O)Cc1cc(C)c(OC)c(C)c1. The zero-order chi connectivity index (χ0) is 17.6. The van der Waals surface area contributed by atoms with Gasteiger partial charge in [0.05, 0.1) is 20.6 Å². The molecule has 0 bridgehead atoms. The van der Waals surface area contributed by atoms with E-state index in [1.807, 2.05) is 39.8 Å². The average Bonchev–Trinajstić information content (AvgIpc) is 2.44. The third kappa shape index (κ3) is 5.58. The smallest absolute Gasteiger partial charge is 0.328 e. The molecule has 0 unspecified atom stereocenters. The molecule has 0 aliphatic heterocycles. The maximum Gasteiger partial charge on any atom is 0.328 e. The maximum atomic E-state index is 12.3. The Hall–Kier alpha value is -2.04. The summed E-state index contributed by atoms with van der Waals surface area (Å²) in [5.74, 6) is 0.519. The maximum absolute atomic E-state index is 12.3. The van der Waals surface area contributed by atoms with Crippen molar-refractivity contribution in [3.05, 3.63) is 28.8 Å². The van der Waals surface area contributed by atoms with Crippen LogP contribution in [0.2, 0.25) is 0 Å². The van der Waals surface area contributed by atoms with Crippen LogP contribution >= 0.6 is 0 Å². The molecule has 1 N–H and O–H groups in total. The summed E-state index contributed by atoms with van der Waals surface area (Å²) < 4.78 is 10.1. The Labute approximate surface area is 138 Å². The second-order valence-electron chi connectivity index (χ2n) is 6.21. The number of hydrogen-bond acceptors (Lipinski definition) is 4. The van der Waals surface area contributed by atoms with Crippen LogP contribution in [0.4, 0.5) is 0 Å². The molecular formula is C18H27NO4. The third-order valence-electron chi connectivity index (χ3n) is 3.62. The van der Waals surface area contributed by atoms with Gasteiger partial charge in [0.2, 0.25) is 5.91 Å². The van der Waals surface area contributed by atoms with Crippen molar-refractivity contribution in [3.63, 3.8) is 0 Å². The fourth-order valence-electron chi connectivity index (χ4n) is 2.72. The van der Waals surface area contributed by atoms with Crippen LogP contribution in [0.15, 0.2) is 12.1 Å². The van der Waals surface area contributed by atoms with E-state index in [-0.39, 0.29) is 18.2 Å². The van der Waals surface area contributed by atoms with E-state index in [4.69, 9.17) is 9.47 Å². The molecule has 1 aromatic carbocycles. The number of methoxy groups -OCH3 is 2. The summed E-state index contributed by atoms with van der Waals surface area (Å²) in [6, 6.07) is 3.26. The Bertz CT molecular complexity index is 543. The van der Waals surface area contributed by atoms with Gasteiger partial charge < -0.3 is 14.8 Å². The van der Waals surface area contributed by atoms with Crippen molar-refractivity contribution >= 4 is 11.9 Å². The number of aryl methyl sites for hydroxylation is 2. The predicted octanol–water partition coefficient (Wildman–Crippen LogP) is 2.56. The fourth-order valence-corrected chi connectivity index (χ4v) is 2.72. The van der Waals surface area contributed by atoms with Crippen LogP contribution in [0, 0.1) is 19.8 Å². The summed E-state index contributed by atoms with van der Waals surface area (Å²) in [6.45, 7) is 7.89. The first-order chi connectivity index (χ1) is 10.8. The Morgan fingerprint density at radius 3 is 2.13 bits per heavy atom. The molecule has 0 saturated carbocycles. The number of nitrogens with one attached hydrogen (secondary N) is 1. The second-order valence-corrected chi connectivity index (χ2v) is 6.21. The molecule has 1 atom stereocenters. The van der Waals surface area contributed by atoms with Crippen LogP contribution in [0.25, 0.3) is 0 Å². The highest BCUT2D eigenvalue weighted by molar-refractivity contribution is 5.85. The van der Waals surface area contributed by atoms with Gasteiger partial charge in [-0.15, -0.1) is 0 Å². The molecule has 5 heteroatoms. The van der Waals surface area contributed by atoms with Crippen LogP contribution in [0.5, 0.6) is 5.75 Å². The molecule has 23 heavy (non-hydrogen) atoms. The molecule has 1 rings (SSSR count). The number of amides is 1. The summed E-state index contributed by atoms with van der Waals surface area (Å²) >= 11 is 0. The molecule has 0 aliphatic rings. The summed E-state index contributed by atoms with van der Waals surface area (Å²) in [5, 5.41) is 2.77. The minimum absolute atomic E-state index is 0.190. The van der Waals surface area contributed by atoms with Gasteiger partial charge in [-0.25, -0.2) is 4.79 Å². The van der Waals surface area contributed by atoms with E-state index in [1.54, 1.807) is 7.11 Å². The fraction of sp³-hybridized carbons (Fsp3) is 0.556. The normalized spacial score (nSPS) is 12.0. The first-order valence-corrected chi connectivity index (χ1v) is 7.79. The summed E-state index contributed by atoms with van der Waals surface area (Å²) in [6.07, 6.45) is 0.774. The van der Waals surface area contributed by atoms with Gasteiger partial charge in [0, 0.05) is 0 Å². The first-order valence-electron chi connectivity index (χ1n) is 7.79. The van der Waals surface area contributed by atoms with Crippen LogP contribution in [0.1, 0.15) is 37.0 Å². The van der Waals surface area contributed by atoms with Gasteiger partial charge in [0.25, 0.3) is 0 Å². The zero-order valence-corrected chi connectivity index (χ0v) is 14.9. The van der Waals surface area contributed by atoms with E-state index >= 15 is 0 Å². The quantitative estimate of drug-likeness (QED) is 0.784. The van der Waals surface area contributed by atoms with Crippen LogP contribution in [-0.4, -0.2) is 32.1 Å². The van der Waals surface area contributed by atoms with E-state index in [9.17, 15) is 9.59 Å². The molecule has 1 amide bonds. The van der Waals surface area contributed by atoms with Crippen molar-refractivity contribution in [2.24, 2.45) is 5.92 Å². The highest BCUT2D eigenvalue weighted by atomic mass is 16.5. The topological polar surface area (TPSA) is 64.6 Å². The second kappa shape index (κ2) is 8.56. The number of ether oxygens (including phenoxy) is 2. The summed E-state index contributed by atoms with van der Waals surface area (Å²) in [4.78, 5) is 24.0. The van der Waals surface area contributed by atoms with Gasteiger partial charge in [-0.2, -0.15) is 0 Å². The Morgan fingerprint density at radius 1 is 1.13 bits per heavy atom. The minimum atomic E-state index is -0.604. The van der Waals surface area contributed by atoms with Crippen molar-refractivity contribution in [2.45, 2.75) is 46.6 Å². The van der Waals surface area contributed by atoms with Crippen molar-refractivity contribution in [2.75, 3.05) is 14.2 Å². The standard InChI is InChI=1S/C18H27NO4/c1-11(2)7-15(18(21)23-6)19-16(20)10-14-8-12(3)17(22-5)13(4)9-14/h8-9,11,15H,7,10H2,1-6H3,(H,19,20)/t15-/m0/s1. The van der Waals surface area contributed by atoms with Crippen LogP contribution in [0.3, 0.4) is 0 Å². The molecule has 1 aromatic rings.